The largest absolute Gasteiger partial charge is 0.480 e. The number of aliphatic carboxylic acids is 1. The molecule has 0 aliphatic carbocycles. The summed E-state index contributed by atoms with van der Waals surface area (Å²) in [6.45, 7) is -0.459. The molecule has 1 amide bonds. The SMILES string of the molecule is O=C(O)CNC(=O)c1cccn2c(-c3ccc(NC4NC=CS4)cc3)nnc12. The van der Waals surface area contributed by atoms with Crippen molar-refractivity contribution in [3.63, 3.8) is 0 Å². The normalized spacial score (nSPS) is 15.4. The fourth-order valence-corrected chi connectivity index (χ4v) is 3.44. The van der Waals surface area contributed by atoms with Gasteiger partial charge in [-0.1, -0.05) is 11.8 Å². The van der Waals surface area contributed by atoms with Crippen LogP contribution in [0.2, 0.25) is 0 Å². The quantitative estimate of drug-likeness (QED) is 0.497. The first kappa shape index (κ1) is 17.9. The Morgan fingerprint density at radius 3 is 2.75 bits per heavy atom. The summed E-state index contributed by atoms with van der Waals surface area (Å²) in [7, 11) is 0. The van der Waals surface area contributed by atoms with Gasteiger partial charge >= 0.3 is 5.97 Å². The molecule has 0 spiro atoms. The Morgan fingerprint density at radius 2 is 2.04 bits per heavy atom. The van der Waals surface area contributed by atoms with Crippen molar-refractivity contribution in [3.05, 3.63) is 59.8 Å². The zero-order chi connectivity index (χ0) is 19.5. The van der Waals surface area contributed by atoms with E-state index in [4.69, 9.17) is 5.11 Å². The van der Waals surface area contributed by atoms with E-state index in [0.29, 0.717) is 11.5 Å². The minimum atomic E-state index is -1.11. The third kappa shape index (κ3) is 3.62. The zero-order valence-electron chi connectivity index (χ0n) is 14.5. The van der Waals surface area contributed by atoms with Gasteiger partial charge in [0.15, 0.2) is 11.5 Å². The number of rotatable bonds is 6. The molecule has 9 nitrogen and oxygen atoms in total. The van der Waals surface area contributed by atoms with Gasteiger partial charge in [0.05, 0.1) is 5.56 Å². The van der Waals surface area contributed by atoms with Crippen LogP contribution in [-0.2, 0) is 4.79 Å². The van der Waals surface area contributed by atoms with Crippen LogP contribution in [-0.4, -0.2) is 43.6 Å². The van der Waals surface area contributed by atoms with Crippen LogP contribution in [0.5, 0.6) is 0 Å². The predicted molar refractivity (Wildman–Crippen MR) is 106 cm³/mol. The van der Waals surface area contributed by atoms with Gasteiger partial charge in [0.1, 0.15) is 12.0 Å². The maximum atomic E-state index is 12.2. The predicted octanol–water partition coefficient (Wildman–Crippen LogP) is 1.71. The highest BCUT2D eigenvalue weighted by atomic mass is 32.2. The monoisotopic (exact) mass is 396 g/mol. The Morgan fingerprint density at radius 1 is 1.21 bits per heavy atom. The van der Waals surface area contributed by atoms with Gasteiger partial charge in [-0.2, -0.15) is 0 Å². The summed E-state index contributed by atoms with van der Waals surface area (Å²) >= 11 is 1.65. The number of anilines is 1. The van der Waals surface area contributed by atoms with E-state index in [2.05, 4.69) is 26.1 Å². The van der Waals surface area contributed by atoms with E-state index in [-0.39, 0.29) is 11.1 Å². The van der Waals surface area contributed by atoms with E-state index in [9.17, 15) is 9.59 Å². The van der Waals surface area contributed by atoms with Crippen molar-refractivity contribution in [2.24, 2.45) is 0 Å². The summed E-state index contributed by atoms with van der Waals surface area (Å²) in [5.41, 5.74) is 2.52. The first-order valence-corrected chi connectivity index (χ1v) is 9.33. The third-order valence-corrected chi connectivity index (χ3v) is 4.87. The van der Waals surface area contributed by atoms with E-state index in [1.165, 1.54) is 0 Å². The molecule has 4 N–H and O–H groups in total. The number of fused-ring (bicyclic) bond motifs is 1. The number of pyridine rings is 1. The zero-order valence-corrected chi connectivity index (χ0v) is 15.3. The molecular formula is C18H16N6O3S. The number of nitrogens with zero attached hydrogens (tertiary/aromatic N) is 3. The van der Waals surface area contributed by atoms with Crippen molar-refractivity contribution in [1.82, 2.24) is 25.2 Å². The summed E-state index contributed by atoms with van der Waals surface area (Å²) in [5.74, 6) is -1.04. The maximum Gasteiger partial charge on any atom is 0.322 e. The highest BCUT2D eigenvalue weighted by Crippen LogP contribution is 2.24. The molecule has 0 saturated heterocycles. The van der Waals surface area contributed by atoms with Gasteiger partial charge in [-0.05, 0) is 41.8 Å². The molecule has 0 saturated carbocycles. The average Bonchev–Trinajstić information content (AvgIpc) is 3.36. The lowest BCUT2D eigenvalue weighted by atomic mass is 10.2. The molecular weight excluding hydrogens is 380 g/mol. The van der Waals surface area contributed by atoms with Crippen molar-refractivity contribution >= 4 is 35.0 Å². The summed E-state index contributed by atoms with van der Waals surface area (Å²) in [4.78, 5) is 22.9. The Labute approximate surface area is 163 Å². The molecule has 28 heavy (non-hydrogen) atoms. The van der Waals surface area contributed by atoms with Gasteiger partial charge < -0.3 is 21.1 Å². The van der Waals surface area contributed by atoms with Crippen molar-refractivity contribution in [2.45, 2.75) is 5.50 Å². The molecule has 10 heteroatoms. The summed E-state index contributed by atoms with van der Waals surface area (Å²) in [6, 6.07) is 11.0. The first-order chi connectivity index (χ1) is 13.6. The summed E-state index contributed by atoms with van der Waals surface area (Å²) in [5, 5.41) is 27.9. The second kappa shape index (κ2) is 7.61. The number of carbonyl (C=O) groups excluding carboxylic acids is 1. The molecule has 3 aromatic rings. The van der Waals surface area contributed by atoms with Gasteiger partial charge in [-0.15, -0.1) is 10.2 Å². The number of carboxylic acids is 1. The molecule has 4 rings (SSSR count). The van der Waals surface area contributed by atoms with Crippen molar-refractivity contribution in [1.29, 1.82) is 0 Å². The van der Waals surface area contributed by atoms with Crippen LogP contribution in [0.4, 0.5) is 5.69 Å². The molecule has 1 atom stereocenters. The van der Waals surface area contributed by atoms with Gasteiger partial charge in [0.2, 0.25) is 0 Å². The molecule has 1 aliphatic heterocycles. The van der Waals surface area contributed by atoms with E-state index < -0.39 is 18.4 Å². The van der Waals surface area contributed by atoms with Crippen molar-refractivity contribution in [2.75, 3.05) is 11.9 Å². The topological polar surface area (TPSA) is 121 Å². The van der Waals surface area contributed by atoms with Crippen LogP contribution in [0.3, 0.4) is 0 Å². The number of carboxylic acid groups (broad SMARTS) is 1. The number of nitrogens with one attached hydrogen (secondary N) is 3. The van der Waals surface area contributed by atoms with Gasteiger partial charge in [0.25, 0.3) is 5.91 Å². The number of hydrogen-bond acceptors (Lipinski definition) is 7. The molecule has 1 aliphatic rings. The van der Waals surface area contributed by atoms with Crippen molar-refractivity contribution in [3.8, 4) is 11.4 Å². The van der Waals surface area contributed by atoms with Crippen molar-refractivity contribution < 1.29 is 14.7 Å². The second-order valence-corrected chi connectivity index (χ2v) is 6.94. The van der Waals surface area contributed by atoms with Gasteiger partial charge in [-0.25, -0.2) is 0 Å². The number of amides is 1. The summed E-state index contributed by atoms with van der Waals surface area (Å²) < 4.78 is 1.70. The molecule has 142 valence electrons. The summed E-state index contributed by atoms with van der Waals surface area (Å²) in [6.07, 6.45) is 3.65. The van der Waals surface area contributed by atoms with Gasteiger partial charge in [-0.3, -0.25) is 14.0 Å². The van der Waals surface area contributed by atoms with E-state index >= 15 is 0 Å². The first-order valence-electron chi connectivity index (χ1n) is 8.39. The highest BCUT2D eigenvalue weighted by molar-refractivity contribution is 8.03. The van der Waals surface area contributed by atoms with Crippen LogP contribution >= 0.6 is 11.8 Å². The van der Waals surface area contributed by atoms with Crippen LogP contribution in [0.15, 0.2) is 54.2 Å². The Bertz CT molecular complexity index is 1050. The number of thioether (sulfide) groups is 1. The van der Waals surface area contributed by atoms with Crippen LogP contribution < -0.4 is 16.0 Å². The second-order valence-electron chi connectivity index (χ2n) is 5.92. The van der Waals surface area contributed by atoms with Crippen LogP contribution in [0.25, 0.3) is 17.0 Å². The highest BCUT2D eigenvalue weighted by Gasteiger charge is 2.16. The number of hydrogen-bond donors (Lipinski definition) is 4. The molecule has 1 unspecified atom stereocenters. The minimum absolute atomic E-state index is 0.103. The maximum absolute atomic E-state index is 12.2. The lowest BCUT2D eigenvalue weighted by molar-refractivity contribution is -0.135. The Hall–Kier alpha value is -3.53. The number of aromatic nitrogens is 3. The standard InChI is InChI=1S/C18H16N6O3S/c25-14(26)10-20-17(27)13-2-1-8-24-15(22-23-16(13)24)11-3-5-12(6-4-11)21-18-19-7-9-28-18/h1-9,18-19,21H,10H2,(H,20,27)(H,25,26). The average molecular weight is 396 g/mol. The van der Waals surface area contributed by atoms with E-state index in [0.717, 1.165) is 11.3 Å². The Kier molecular flexibility index (Phi) is 4.85. The molecule has 0 fully saturated rings. The fraction of sp³-hybridized carbons (Fsp3) is 0.111. The lowest BCUT2D eigenvalue weighted by Crippen LogP contribution is -2.29. The van der Waals surface area contributed by atoms with E-state index in [1.807, 2.05) is 35.9 Å². The van der Waals surface area contributed by atoms with Crippen LogP contribution in [0, 0.1) is 0 Å². The van der Waals surface area contributed by atoms with Gasteiger partial charge in [0, 0.05) is 23.6 Å². The van der Waals surface area contributed by atoms with Crippen LogP contribution in [0.1, 0.15) is 10.4 Å². The third-order valence-electron chi connectivity index (χ3n) is 4.05. The minimum Gasteiger partial charge on any atom is -0.480 e. The fourth-order valence-electron chi connectivity index (χ4n) is 2.77. The van der Waals surface area contributed by atoms with E-state index in [1.54, 1.807) is 34.5 Å². The lowest BCUT2D eigenvalue weighted by Gasteiger charge is -2.14. The molecule has 3 heterocycles. The molecule has 0 bridgehead atoms. The smallest absolute Gasteiger partial charge is 0.322 e. The molecule has 1 aromatic carbocycles. The molecule has 2 aromatic heterocycles. The Balaban J connectivity index is 1.58. The number of benzene rings is 1. The number of carbonyl (C=O) groups is 2. The molecule has 0 radical (unpaired) electrons.